The largest absolute Gasteiger partial charge is 0.382 e. The summed E-state index contributed by atoms with van der Waals surface area (Å²) in [6, 6.07) is 1.79. The Bertz CT molecular complexity index is 509. The molecular weight excluding hydrogens is 287 g/mol. The molecule has 0 bridgehead atoms. The second-order valence-electron chi connectivity index (χ2n) is 4.84. The summed E-state index contributed by atoms with van der Waals surface area (Å²) >= 11 is 12.0. The lowest BCUT2D eigenvalue weighted by molar-refractivity contribution is -0.122. The van der Waals surface area contributed by atoms with E-state index >= 15 is 0 Å². The van der Waals surface area contributed by atoms with Gasteiger partial charge in [0.1, 0.15) is 11.6 Å². The first-order valence-corrected chi connectivity index (χ1v) is 6.83. The standard InChI is InChI=1S/C12H16Cl2N4O/c1-6-2-3-7(11(16)19)5-18(6)12-9(14)4-8(13)10(15)17-12/h4,6-7H,2-3,5H2,1H3,(H2,15,17)(H2,16,19). The maximum absolute atomic E-state index is 11.3. The normalized spacial score (nSPS) is 23.4. The fourth-order valence-corrected chi connectivity index (χ4v) is 2.77. The molecule has 2 heterocycles. The van der Waals surface area contributed by atoms with Crippen molar-refractivity contribution in [2.75, 3.05) is 17.2 Å². The molecule has 0 aromatic carbocycles. The highest BCUT2D eigenvalue weighted by Gasteiger charge is 2.30. The number of pyridine rings is 1. The minimum atomic E-state index is -0.296. The van der Waals surface area contributed by atoms with E-state index < -0.39 is 0 Å². The summed E-state index contributed by atoms with van der Waals surface area (Å²) in [4.78, 5) is 17.5. The zero-order valence-corrected chi connectivity index (χ0v) is 12.1. The smallest absolute Gasteiger partial charge is 0.222 e. The van der Waals surface area contributed by atoms with Gasteiger partial charge >= 0.3 is 0 Å². The van der Waals surface area contributed by atoms with Gasteiger partial charge in [-0.2, -0.15) is 0 Å². The molecule has 104 valence electrons. The first kappa shape index (κ1) is 14.2. The molecule has 19 heavy (non-hydrogen) atoms. The molecule has 7 heteroatoms. The van der Waals surface area contributed by atoms with Crippen molar-refractivity contribution >= 4 is 40.7 Å². The molecule has 5 nitrogen and oxygen atoms in total. The van der Waals surface area contributed by atoms with Crippen LogP contribution in [0.4, 0.5) is 11.6 Å². The number of piperidine rings is 1. The SMILES string of the molecule is CC1CCC(C(N)=O)CN1c1nc(N)c(Cl)cc1Cl. The van der Waals surface area contributed by atoms with Crippen LogP contribution in [0.25, 0.3) is 0 Å². The van der Waals surface area contributed by atoms with Crippen LogP contribution in [0.5, 0.6) is 0 Å². The second-order valence-corrected chi connectivity index (χ2v) is 5.65. The molecular formula is C12H16Cl2N4O. The monoisotopic (exact) mass is 302 g/mol. The van der Waals surface area contributed by atoms with Gasteiger partial charge in [0.15, 0.2) is 0 Å². The van der Waals surface area contributed by atoms with Crippen molar-refractivity contribution in [2.45, 2.75) is 25.8 Å². The number of halogens is 2. The van der Waals surface area contributed by atoms with E-state index in [0.717, 1.165) is 12.8 Å². The molecule has 2 atom stereocenters. The molecule has 1 aromatic heterocycles. The molecule has 0 aliphatic carbocycles. The quantitative estimate of drug-likeness (QED) is 0.875. The van der Waals surface area contributed by atoms with E-state index in [2.05, 4.69) is 11.9 Å². The van der Waals surface area contributed by atoms with Gasteiger partial charge in [-0.25, -0.2) is 4.98 Å². The van der Waals surface area contributed by atoms with Crippen molar-refractivity contribution in [3.8, 4) is 0 Å². The summed E-state index contributed by atoms with van der Waals surface area (Å²) in [7, 11) is 0. The van der Waals surface area contributed by atoms with Crippen molar-refractivity contribution in [3.05, 3.63) is 16.1 Å². The summed E-state index contributed by atoms with van der Waals surface area (Å²) < 4.78 is 0. The molecule has 1 aromatic rings. The Kier molecular flexibility index (Phi) is 4.06. The van der Waals surface area contributed by atoms with Crippen LogP contribution in [-0.4, -0.2) is 23.5 Å². The molecule has 4 N–H and O–H groups in total. The summed E-state index contributed by atoms with van der Waals surface area (Å²) in [5, 5.41) is 0.751. The fourth-order valence-electron chi connectivity index (χ4n) is 2.31. The molecule has 0 saturated carbocycles. The van der Waals surface area contributed by atoms with E-state index in [4.69, 9.17) is 34.7 Å². The van der Waals surface area contributed by atoms with Gasteiger partial charge in [-0.1, -0.05) is 23.2 Å². The highest BCUT2D eigenvalue weighted by atomic mass is 35.5. The highest BCUT2D eigenvalue weighted by molar-refractivity contribution is 6.37. The molecule has 1 fully saturated rings. The third-order valence-corrected chi connectivity index (χ3v) is 4.08. The Morgan fingerprint density at radius 1 is 1.42 bits per heavy atom. The van der Waals surface area contributed by atoms with Gasteiger partial charge in [-0.05, 0) is 25.8 Å². The Morgan fingerprint density at radius 2 is 2.11 bits per heavy atom. The van der Waals surface area contributed by atoms with Gasteiger partial charge in [0.25, 0.3) is 0 Å². The Balaban J connectivity index is 2.33. The number of amides is 1. The number of carbonyl (C=O) groups excluding carboxylic acids is 1. The van der Waals surface area contributed by atoms with Gasteiger partial charge in [0.05, 0.1) is 16.0 Å². The second kappa shape index (κ2) is 5.43. The van der Waals surface area contributed by atoms with Gasteiger partial charge in [-0.3, -0.25) is 4.79 Å². The Hall–Kier alpha value is -1.20. The third kappa shape index (κ3) is 2.87. The lowest BCUT2D eigenvalue weighted by Gasteiger charge is -2.38. The zero-order chi connectivity index (χ0) is 14.2. The van der Waals surface area contributed by atoms with Gasteiger partial charge in [0, 0.05) is 12.6 Å². The number of hydrogen-bond acceptors (Lipinski definition) is 4. The summed E-state index contributed by atoms with van der Waals surface area (Å²) in [6.45, 7) is 2.56. The first-order valence-electron chi connectivity index (χ1n) is 6.07. The Morgan fingerprint density at radius 3 is 2.74 bits per heavy atom. The van der Waals surface area contributed by atoms with Crippen molar-refractivity contribution in [1.82, 2.24) is 4.98 Å². The lowest BCUT2D eigenvalue weighted by Crippen LogP contribution is -2.46. The summed E-state index contributed by atoms with van der Waals surface area (Å²) in [5.41, 5.74) is 11.1. The average Bonchev–Trinajstić information content (AvgIpc) is 2.34. The van der Waals surface area contributed by atoms with Crippen LogP contribution in [0.3, 0.4) is 0 Å². The molecule has 1 amide bonds. The number of nitrogens with two attached hydrogens (primary N) is 2. The van der Waals surface area contributed by atoms with Crippen molar-refractivity contribution < 1.29 is 4.79 Å². The number of aromatic nitrogens is 1. The number of nitrogen functional groups attached to an aromatic ring is 1. The summed E-state index contributed by atoms with van der Waals surface area (Å²) in [6.07, 6.45) is 1.64. The highest BCUT2D eigenvalue weighted by Crippen LogP contribution is 2.34. The van der Waals surface area contributed by atoms with Gasteiger partial charge in [0.2, 0.25) is 5.91 Å². The number of rotatable bonds is 2. The summed E-state index contributed by atoms with van der Waals surface area (Å²) in [5.74, 6) is 0.303. The number of nitrogens with zero attached hydrogens (tertiary/aromatic N) is 2. The van der Waals surface area contributed by atoms with Crippen molar-refractivity contribution in [2.24, 2.45) is 11.7 Å². The minimum absolute atomic E-state index is 0.189. The molecule has 0 spiro atoms. The minimum Gasteiger partial charge on any atom is -0.382 e. The van der Waals surface area contributed by atoms with E-state index in [1.165, 1.54) is 0 Å². The predicted octanol–water partition coefficient (Wildman–Crippen LogP) is 2.06. The Labute approximate surface area is 121 Å². The number of anilines is 2. The van der Waals surface area contributed by atoms with E-state index in [1.807, 2.05) is 4.90 Å². The number of hydrogen-bond donors (Lipinski definition) is 2. The molecule has 1 aliphatic rings. The van der Waals surface area contributed by atoms with Crippen LogP contribution in [-0.2, 0) is 4.79 Å². The van der Waals surface area contributed by atoms with Crippen molar-refractivity contribution in [3.63, 3.8) is 0 Å². The fraction of sp³-hybridized carbons (Fsp3) is 0.500. The number of carbonyl (C=O) groups is 1. The molecule has 2 rings (SSSR count). The van der Waals surface area contributed by atoms with E-state index in [0.29, 0.717) is 22.4 Å². The average molecular weight is 303 g/mol. The lowest BCUT2D eigenvalue weighted by atomic mass is 9.93. The predicted molar refractivity (Wildman–Crippen MR) is 77.4 cm³/mol. The van der Waals surface area contributed by atoms with E-state index in [1.54, 1.807) is 6.07 Å². The van der Waals surface area contributed by atoms with Crippen LogP contribution in [0, 0.1) is 5.92 Å². The maximum Gasteiger partial charge on any atom is 0.222 e. The van der Waals surface area contributed by atoms with Gasteiger partial charge in [-0.15, -0.1) is 0 Å². The zero-order valence-electron chi connectivity index (χ0n) is 10.6. The molecule has 1 aliphatic heterocycles. The van der Waals surface area contributed by atoms with Crippen LogP contribution >= 0.6 is 23.2 Å². The van der Waals surface area contributed by atoms with Gasteiger partial charge < -0.3 is 16.4 Å². The van der Waals surface area contributed by atoms with Crippen LogP contribution in [0.2, 0.25) is 10.0 Å². The molecule has 0 radical (unpaired) electrons. The topological polar surface area (TPSA) is 85.2 Å². The van der Waals surface area contributed by atoms with E-state index in [-0.39, 0.29) is 23.7 Å². The van der Waals surface area contributed by atoms with E-state index in [9.17, 15) is 4.79 Å². The molecule has 2 unspecified atom stereocenters. The molecule has 1 saturated heterocycles. The third-order valence-electron chi connectivity index (χ3n) is 3.49. The van der Waals surface area contributed by atoms with Crippen LogP contribution < -0.4 is 16.4 Å². The van der Waals surface area contributed by atoms with Crippen LogP contribution in [0.1, 0.15) is 19.8 Å². The first-order chi connectivity index (χ1) is 8.90. The van der Waals surface area contributed by atoms with Crippen LogP contribution in [0.15, 0.2) is 6.07 Å². The van der Waals surface area contributed by atoms with Crippen molar-refractivity contribution in [1.29, 1.82) is 0 Å². The maximum atomic E-state index is 11.3. The number of primary amides is 1.